The molecule has 0 aromatic heterocycles. The lowest BCUT2D eigenvalue weighted by molar-refractivity contribution is -0.145. The number of carbonyl (C=O) groups excluding carboxylic acids is 3. The maximum Gasteiger partial charge on any atom is 0.328 e. The molecule has 0 spiro atoms. The molecule has 1 aromatic carbocycles. The van der Waals surface area contributed by atoms with E-state index < -0.39 is 17.9 Å². The zero-order chi connectivity index (χ0) is 17.7. The van der Waals surface area contributed by atoms with Gasteiger partial charge in [-0.05, 0) is 13.3 Å². The van der Waals surface area contributed by atoms with Gasteiger partial charge in [0.2, 0.25) is 11.8 Å². The first-order valence-corrected chi connectivity index (χ1v) is 7.24. The van der Waals surface area contributed by atoms with Crippen LogP contribution in [0.1, 0.15) is 18.4 Å². The maximum absolute atomic E-state index is 11.3. The predicted octanol–water partition coefficient (Wildman–Crippen LogP) is 0.124. The van der Waals surface area contributed by atoms with E-state index in [2.05, 4.69) is 34.4 Å². The number of amides is 2. The quantitative estimate of drug-likeness (QED) is 0.644. The van der Waals surface area contributed by atoms with Crippen molar-refractivity contribution in [2.75, 3.05) is 20.7 Å². The van der Waals surface area contributed by atoms with E-state index >= 15 is 0 Å². The van der Waals surface area contributed by atoms with Gasteiger partial charge in [0, 0.05) is 13.5 Å². The summed E-state index contributed by atoms with van der Waals surface area (Å²) >= 11 is 0. The molecule has 0 fully saturated rings. The predicted molar refractivity (Wildman–Crippen MR) is 87.5 cm³/mol. The second kappa shape index (κ2) is 12.2. The molecule has 128 valence electrons. The van der Waals surface area contributed by atoms with Crippen LogP contribution in [0.15, 0.2) is 30.3 Å². The highest BCUT2D eigenvalue weighted by Crippen LogP contribution is 1.99. The summed E-state index contributed by atoms with van der Waals surface area (Å²) in [6.45, 7) is 1.87. The van der Waals surface area contributed by atoms with Gasteiger partial charge in [-0.3, -0.25) is 9.59 Å². The molecule has 0 saturated carbocycles. The highest BCUT2D eigenvalue weighted by molar-refractivity contribution is 5.86. The highest BCUT2D eigenvalue weighted by atomic mass is 16.5. The van der Waals surface area contributed by atoms with Crippen molar-refractivity contribution < 1.29 is 19.1 Å². The molecule has 1 atom stereocenters. The lowest BCUT2D eigenvalue weighted by atomic mass is 10.1. The molecule has 7 heteroatoms. The molecule has 0 aliphatic carbocycles. The second-order valence-corrected chi connectivity index (χ2v) is 4.71. The Morgan fingerprint density at radius 2 is 1.78 bits per heavy atom. The number of methoxy groups -OCH3 is 1. The lowest BCUT2D eigenvalue weighted by Crippen LogP contribution is -2.44. The summed E-state index contributed by atoms with van der Waals surface area (Å²) in [5, 5.41) is 4.79. The maximum atomic E-state index is 11.3. The average molecular weight is 323 g/mol. The van der Waals surface area contributed by atoms with E-state index in [0.717, 1.165) is 0 Å². The molecular weight excluding hydrogens is 298 g/mol. The molecule has 0 saturated heterocycles. The van der Waals surface area contributed by atoms with Crippen LogP contribution < -0.4 is 16.4 Å². The van der Waals surface area contributed by atoms with Crippen molar-refractivity contribution in [2.45, 2.75) is 25.8 Å². The van der Waals surface area contributed by atoms with Crippen molar-refractivity contribution in [1.82, 2.24) is 10.6 Å². The fraction of sp³-hybridized carbons (Fsp3) is 0.438. The van der Waals surface area contributed by atoms with Crippen LogP contribution in [0, 0.1) is 6.92 Å². The molecule has 2 amide bonds. The number of aryl methyl sites for hydroxylation is 1. The summed E-state index contributed by atoms with van der Waals surface area (Å²) < 4.78 is 4.50. The molecule has 7 nitrogen and oxygen atoms in total. The van der Waals surface area contributed by atoms with Crippen molar-refractivity contribution in [2.24, 2.45) is 5.73 Å². The van der Waals surface area contributed by atoms with Gasteiger partial charge in [0.1, 0.15) is 6.04 Å². The monoisotopic (exact) mass is 323 g/mol. The Labute approximate surface area is 136 Å². The minimum Gasteiger partial charge on any atom is -0.467 e. The number of benzene rings is 1. The Balaban J connectivity index is 0.000000568. The molecule has 0 heterocycles. The number of ether oxygens (including phenoxy) is 1. The number of hydrogen-bond donors (Lipinski definition) is 3. The van der Waals surface area contributed by atoms with E-state index in [1.54, 1.807) is 0 Å². The van der Waals surface area contributed by atoms with Crippen LogP contribution in [0.4, 0.5) is 0 Å². The normalized spacial score (nSPS) is 10.6. The molecule has 1 unspecified atom stereocenters. The van der Waals surface area contributed by atoms with Gasteiger partial charge in [0.05, 0.1) is 13.7 Å². The van der Waals surface area contributed by atoms with Gasteiger partial charge in [-0.25, -0.2) is 4.79 Å². The average Bonchev–Trinajstić information content (AvgIpc) is 2.58. The summed E-state index contributed by atoms with van der Waals surface area (Å²) in [7, 11) is 2.71. The highest BCUT2D eigenvalue weighted by Gasteiger charge is 2.21. The molecule has 0 bridgehead atoms. The Morgan fingerprint density at radius 1 is 1.17 bits per heavy atom. The lowest BCUT2D eigenvalue weighted by Gasteiger charge is -2.15. The topological polar surface area (TPSA) is 111 Å². The number of rotatable bonds is 6. The van der Waals surface area contributed by atoms with E-state index in [1.165, 1.54) is 19.7 Å². The first-order chi connectivity index (χ1) is 10.9. The minimum atomic E-state index is -0.835. The Bertz CT molecular complexity index is 491. The van der Waals surface area contributed by atoms with Crippen LogP contribution >= 0.6 is 0 Å². The van der Waals surface area contributed by atoms with Crippen molar-refractivity contribution in [3.63, 3.8) is 0 Å². The first kappa shape index (κ1) is 20.6. The molecule has 23 heavy (non-hydrogen) atoms. The fourth-order valence-electron chi connectivity index (χ4n) is 1.58. The van der Waals surface area contributed by atoms with Crippen LogP contribution in [0.2, 0.25) is 0 Å². The van der Waals surface area contributed by atoms with Crippen molar-refractivity contribution in [3.8, 4) is 0 Å². The molecule has 0 aliphatic rings. The van der Waals surface area contributed by atoms with Gasteiger partial charge in [-0.1, -0.05) is 35.9 Å². The zero-order valence-corrected chi connectivity index (χ0v) is 13.8. The van der Waals surface area contributed by atoms with Crippen LogP contribution in [-0.2, 0) is 19.1 Å². The molecule has 0 aliphatic heterocycles. The Kier molecular flexibility index (Phi) is 10.9. The summed E-state index contributed by atoms with van der Waals surface area (Å²) in [6, 6.07) is 9.43. The van der Waals surface area contributed by atoms with E-state index in [1.807, 2.05) is 18.2 Å². The summed E-state index contributed by atoms with van der Waals surface area (Å²) in [5.41, 5.74) is 6.42. The first-order valence-electron chi connectivity index (χ1n) is 7.24. The third-order valence-electron chi connectivity index (χ3n) is 2.89. The van der Waals surface area contributed by atoms with Gasteiger partial charge in [-0.15, -0.1) is 0 Å². The smallest absolute Gasteiger partial charge is 0.328 e. The van der Waals surface area contributed by atoms with Crippen molar-refractivity contribution >= 4 is 17.8 Å². The van der Waals surface area contributed by atoms with Crippen LogP contribution in [0.5, 0.6) is 0 Å². The van der Waals surface area contributed by atoms with Crippen LogP contribution in [0.25, 0.3) is 0 Å². The third-order valence-corrected chi connectivity index (χ3v) is 2.89. The van der Waals surface area contributed by atoms with Gasteiger partial charge in [0.15, 0.2) is 0 Å². The number of hydrogen-bond acceptors (Lipinski definition) is 5. The number of nitrogens with two attached hydrogens (primary N) is 1. The van der Waals surface area contributed by atoms with Gasteiger partial charge in [-0.2, -0.15) is 0 Å². The molecule has 1 rings (SSSR count). The fourth-order valence-corrected chi connectivity index (χ4v) is 1.58. The SMILES string of the molecule is CNC(=O)CCC(NC(=O)CN)C(=O)OC.Cc1ccccc1. The second-order valence-electron chi connectivity index (χ2n) is 4.71. The molecular formula is C16H25N3O4. The standard InChI is InChI=1S/C9H17N3O4.C7H8/c1-11-7(13)4-3-6(9(15)16-2)12-8(14)5-10;1-7-5-3-2-4-6-7/h6H,3-5,10H2,1-2H3,(H,11,13)(H,12,14);2-6H,1H3. The largest absolute Gasteiger partial charge is 0.467 e. The summed E-state index contributed by atoms with van der Waals surface area (Å²) in [4.78, 5) is 33.2. The molecule has 0 radical (unpaired) electrons. The molecule has 1 aromatic rings. The van der Waals surface area contributed by atoms with Crippen molar-refractivity contribution in [3.05, 3.63) is 35.9 Å². The van der Waals surface area contributed by atoms with Crippen molar-refractivity contribution in [1.29, 1.82) is 0 Å². The third kappa shape index (κ3) is 10.0. The van der Waals surface area contributed by atoms with E-state index in [0.29, 0.717) is 0 Å². The van der Waals surface area contributed by atoms with Crippen LogP contribution in [0.3, 0.4) is 0 Å². The zero-order valence-electron chi connectivity index (χ0n) is 13.8. The number of carbonyl (C=O) groups is 3. The van der Waals surface area contributed by atoms with Crippen LogP contribution in [-0.4, -0.2) is 44.5 Å². The minimum absolute atomic E-state index is 0.126. The summed E-state index contributed by atoms with van der Waals surface area (Å²) in [5.74, 6) is -1.27. The van der Waals surface area contributed by atoms with Gasteiger partial charge >= 0.3 is 5.97 Å². The van der Waals surface area contributed by atoms with E-state index in [-0.39, 0.29) is 25.3 Å². The number of nitrogens with one attached hydrogen (secondary N) is 2. The van der Waals surface area contributed by atoms with Gasteiger partial charge < -0.3 is 21.1 Å². The van der Waals surface area contributed by atoms with E-state index in [9.17, 15) is 14.4 Å². The summed E-state index contributed by atoms with van der Waals surface area (Å²) in [6.07, 6.45) is 0.305. The Morgan fingerprint density at radius 3 is 2.17 bits per heavy atom. The Hall–Kier alpha value is -2.41. The molecule has 4 N–H and O–H groups in total. The van der Waals surface area contributed by atoms with Gasteiger partial charge in [0.25, 0.3) is 0 Å². The van der Waals surface area contributed by atoms with E-state index in [4.69, 9.17) is 5.73 Å². The number of esters is 1.